The third-order valence-corrected chi connectivity index (χ3v) is 5.48. The van der Waals surface area contributed by atoms with Crippen LogP contribution in [0.25, 0.3) is 10.8 Å². The van der Waals surface area contributed by atoms with Crippen molar-refractivity contribution < 1.29 is 0 Å². The van der Waals surface area contributed by atoms with Crippen molar-refractivity contribution in [3.05, 3.63) is 59.7 Å². The minimum Gasteiger partial charge on any atom is -0.345 e. The second kappa shape index (κ2) is 8.45. The summed E-state index contributed by atoms with van der Waals surface area (Å²) in [4.78, 5) is 8.05. The van der Waals surface area contributed by atoms with E-state index in [-0.39, 0.29) is 0 Å². The number of nitrogens with one attached hydrogen (secondary N) is 1. The number of hydrogen-bond acceptors (Lipinski definition) is 4. The highest BCUT2D eigenvalue weighted by atomic mass is 15.6. The standard InChI is InChI=1S/C23H27N5/c1-2-3-10-23-25-16-19(26-23)17-27-13-6-7-14-28(27)22-12-11-18(15-24)20-8-4-5-9-21(20)22/h4-5,8-9,11-12,16H,2-3,6-7,10,13-14,17H2,1H3,(H,25,26). The lowest BCUT2D eigenvalue weighted by Crippen LogP contribution is -2.47. The van der Waals surface area contributed by atoms with Crippen LogP contribution in [0.1, 0.15) is 49.7 Å². The van der Waals surface area contributed by atoms with Crippen LogP contribution in [0.5, 0.6) is 0 Å². The Morgan fingerprint density at radius 1 is 1.11 bits per heavy atom. The molecule has 1 aromatic heterocycles. The fraction of sp³-hybridized carbons (Fsp3) is 0.391. The number of imidazole rings is 1. The summed E-state index contributed by atoms with van der Waals surface area (Å²) in [5.41, 5.74) is 3.08. The Morgan fingerprint density at radius 2 is 1.93 bits per heavy atom. The molecule has 1 saturated heterocycles. The van der Waals surface area contributed by atoms with Crippen LogP contribution in [0.3, 0.4) is 0 Å². The average molecular weight is 374 g/mol. The second-order valence-corrected chi connectivity index (χ2v) is 7.47. The van der Waals surface area contributed by atoms with Gasteiger partial charge in [-0.25, -0.2) is 9.99 Å². The molecule has 0 spiro atoms. The Balaban J connectivity index is 1.62. The maximum Gasteiger partial charge on any atom is 0.106 e. The molecule has 0 saturated carbocycles. The molecule has 1 N–H and O–H groups in total. The zero-order valence-electron chi connectivity index (χ0n) is 16.5. The minimum atomic E-state index is 0.733. The molecule has 1 fully saturated rings. The first-order valence-electron chi connectivity index (χ1n) is 10.3. The number of nitriles is 1. The van der Waals surface area contributed by atoms with Gasteiger partial charge in [0, 0.05) is 36.5 Å². The number of nitrogens with zero attached hydrogens (tertiary/aromatic N) is 4. The third kappa shape index (κ3) is 3.74. The molecule has 144 valence electrons. The van der Waals surface area contributed by atoms with Crippen LogP contribution in [-0.2, 0) is 13.0 Å². The number of aromatic amines is 1. The molecule has 5 heteroatoms. The SMILES string of the molecule is CCCCc1ncc(CN2CCCCN2c2ccc(C#N)c3ccccc23)[nH]1. The van der Waals surface area contributed by atoms with Gasteiger partial charge in [0.2, 0.25) is 0 Å². The summed E-state index contributed by atoms with van der Waals surface area (Å²) in [6, 6.07) is 14.6. The van der Waals surface area contributed by atoms with E-state index in [1.165, 1.54) is 31.4 Å². The molecule has 4 rings (SSSR count). The van der Waals surface area contributed by atoms with Crippen molar-refractivity contribution in [3.63, 3.8) is 0 Å². The lowest BCUT2D eigenvalue weighted by Gasteiger charge is -2.40. The molecule has 0 unspecified atom stereocenters. The van der Waals surface area contributed by atoms with Gasteiger partial charge in [0.1, 0.15) is 5.82 Å². The van der Waals surface area contributed by atoms with E-state index >= 15 is 0 Å². The number of unbranched alkanes of at least 4 members (excludes halogenated alkanes) is 1. The van der Waals surface area contributed by atoms with Crippen LogP contribution in [0, 0.1) is 11.3 Å². The second-order valence-electron chi connectivity index (χ2n) is 7.47. The van der Waals surface area contributed by atoms with Crippen LogP contribution in [0.4, 0.5) is 5.69 Å². The molecule has 2 aromatic carbocycles. The van der Waals surface area contributed by atoms with Crippen LogP contribution < -0.4 is 5.01 Å². The Hall–Kier alpha value is -2.84. The van der Waals surface area contributed by atoms with E-state index in [9.17, 15) is 5.26 Å². The number of benzene rings is 2. The van der Waals surface area contributed by atoms with Gasteiger partial charge in [-0.3, -0.25) is 0 Å². The van der Waals surface area contributed by atoms with Crippen molar-refractivity contribution in [1.29, 1.82) is 5.26 Å². The van der Waals surface area contributed by atoms with Crippen molar-refractivity contribution in [2.24, 2.45) is 0 Å². The van der Waals surface area contributed by atoms with Crippen molar-refractivity contribution in [2.75, 3.05) is 18.1 Å². The number of hydrazine groups is 1. The fourth-order valence-corrected chi connectivity index (χ4v) is 4.01. The van der Waals surface area contributed by atoms with Gasteiger partial charge in [0.05, 0.1) is 29.6 Å². The van der Waals surface area contributed by atoms with Crippen LogP contribution in [0.15, 0.2) is 42.6 Å². The molecule has 0 radical (unpaired) electrons. The van der Waals surface area contributed by atoms with E-state index in [4.69, 9.17) is 0 Å². The van der Waals surface area contributed by atoms with Crippen LogP contribution in [0.2, 0.25) is 0 Å². The zero-order valence-corrected chi connectivity index (χ0v) is 16.5. The van der Waals surface area contributed by atoms with Gasteiger partial charge in [-0.2, -0.15) is 5.26 Å². The summed E-state index contributed by atoms with van der Waals surface area (Å²) < 4.78 is 0. The molecule has 28 heavy (non-hydrogen) atoms. The lowest BCUT2D eigenvalue weighted by atomic mass is 10.0. The van der Waals surface area contributed by atoms with Crippen LogP contribution >= 0.6 is 0 Å². The predicted molar refractivity (Wildman–Crippen MR) is 113 cm³/mol. The molecular weight excluding hydrogens is 346 g/mol. The van der Waals surface area contributed by atoms with Crippen molar-refractivity contribution >= 4 is 16.5 Å². The molecule has 0 bridgehead atoms. The van der Waals surface area contributed by atoms with E-state index in [1.54, 1.807) is 0 Å². The molecule has 5 nitrogen and oxygen atoms in total. The number of hydrogen-bond donors (Lipinski definition) is 1. The van der Waals surface area contributed by atoms with Crippen molar-refractivity contribution in [1.82, 2.24) is 15.0 Å². The number of rotatable bonds is 6. The van der Waals surface area contributed by atoms with Gasteiger partial charge >= 0.3 is 0 Å². The fourth-order valence-electron chi connectivity index (χ4n) is 4.01. The first kappa shape index (κ1) is 18.5. The molecule has 2 heterocycles. The molecule has 3 aromatic rings. The highest BCUT2D eigenvalue weighted by Crippen LogP contribution is 2.32. The van der Waals surface area contributed by atoms with Crippen molar-refractivity contribution in [3.8, 4) is 6.07 Å². The summed E-state index contributed by atoms with van der Waals surface area (Å²) in [6.07, 6.45) is 7.72. The number of anilines is 1. The normalized spacial score (nSPS) is 15.1. The molecule has 0 amide bonds. The van der Waals surface area contributed by atoms with E-state index in [0.717, 1.165) is 53.9 Å². The number of H-pyrrole nitrogens is 1. The highest BCUT2D eigenvalue weighted by Gasteiger charge is 2.23. The Kier molecular flexibility index (Phi) is 5.59. The predicted octanol–water partition coefficient (Wildman–Crippen LogP) is 4.79. The smallest absolute Gasteiger partial charge is 0.106 e. The molecule has 0 atom stereocenters. The zero-order chi connectivity index (χ0) is 19.3. The third-order valence-electron chi connectivity index (χ3n) is 5.48. The summed E-state index contributed by atoms with van der Waals surface area (Å²) in [5, 5.41) is 16.4. The maximum absolute atomic E-state index is 9.46. The monoisotopic (exact) mass is 373 g/mol. The van der Waals surface area contributed by atoms with Gasteiger partial charge in [-0.1, -0.05) is 37.6 Å². The maximum atomic E-state index is 9.46. The minimum absolute atomic E-state index is 0.733. The van der Waals surface area contributed by atoms with Crippen molar-refractivity contribution in [2.45, 2.75) is 45.6 Å². The average Bonchev–Trinajstić information content (AvgIpc) is 3.19. The van der Waals surface area contributed by atoms with E-state index in [2.05, 4.69) is 51.2 Å². The molecule has 0 aliphatic carbocycles. The summed E-state index contributed by atoms with van der Waals surface area (Å²) >= 11 is 0. The lowest BCUT2D eigenvalue weighted by molar-refractivity contribution is 0.203. The molecule has 1 aliphatic heterocycles. The Labute approximate surface area is 166 Å². The summed E-state index contributed by atoms with van der Waals surface area (Å²) in [7, 11) is 0. The molecular formula is C23H27N5. The quantitative estimate of drug-likeness (QED) is 0.674. The van der Waals surface area contributed by atoms with Crippen LogP contribution in [-0.4, -0.2) is 28.1 Å². The number of fused-ring (bicyclic) bond motifs is 1. The van der Waals surface area contributed by atoms with Gasteiger partial charge in [-0.15, -0.1) is 0 Å². The first-order chi connectivity index (χ1) is 13.8. The van der Waals surface area contributed by atoms with E-state index < -0.39 is 0 Å². The summed E-state index contributed by atoms with van der Waals surface area (Å²) in [5.74, 6) is 1.09. The van der Waals surface area contributed by atoms with Gasteiger partial charge in [0.25, 0.3) is 0 Å². The van der Waals surface area contributed by atoms with Gasteiger partial charge in [-0.05, 0) is 31.4 Å². The number of aromatic nitrogens is 2. The van der Waals surface area contributed by atoms with Gasteiger partial charge < -0.3 is 9.99 Å². The summed E-state index contributed by atoms with van der Waals surface area (Å²) in [6.45, 7) is 5.05. The Morgan fingerprint density at radius 3 is 2.75 bits per heavy atom. The molecule has 1 aliphatic rings. The van der Waals surface area contributed by atoms with Gasteiger partial charge in [0.15, 0.2) is 0 Å². The first-order valence-corrected chi connectivity index (χ1v) is 10.3. The van der Waals surface area contributed by atoms with E-state index in [0.29, 0.717) is 0 Å². The number of aryl methyl sites for hydroxylation is 1. The Bertz CT molecular complexity index is 984. The topological polar surface area (TPSA) is 59.0 Å². The highest BCUT2D eigenvalue weighted by molar-refractivity contribution is 5.97. The largest absolute Gasteiger partial charge is 0.345 e. The van der Waals surface area contributed by atoms with E-state index in [1.807, 2.05) is 24.4 Å².